The Bertz CT molecular complexity index is 387. The number of allylic oxidation sites excluding steroid dienone is 1. The van der Waals surface area contributed by atoms with Gasteiger partial charge in [-0.25, -0.2) is 0 Å². The van der Waals surface area contributed by atoms with E-state index in [-0.39, 0.29) is 5.78 Å². The van der Waals surface area contributed by atoms with Crippen molar-refractivity contribution in [1.82, 2.24) is 0 Å². The fourth-order valence-electron chi connectivity index (χ4n) is 3.21. The van der Waals surface area contributed by atoms with Crippen LogP contribution in [-0.2, 0) is 9.53 Å². The van der Waals surface area contributed by atoms with Crippen molar-refractivity contribution in [3.8, 4) is 0 Å². The zero-order valence-electron chi connectivity index (χ0n) is 10.7. The van der Waals surface area contributed by atoms with Crippen LogP contribution in [0.4, 0.5) is 0 Å². The van der Waals surface area contributed by atoms with E-state index in [9.17, 15) is 15.0 Å². The van der Waals surface area contributed by atoms with Gasteiger partial charge in [-0.2, -0.15) is 0 Å². The molecule has 1 aliphatic carbocycles. The Morgan fingerprint density at radius 3 is 2.47 bits per heavy atom. The first-order chi connectivity index (χ1) is 7.66. The van der Waals surface area contributed by atoms with Crippen LogP contribution in [0, 0.1) is 5.41 Å². The minimum atomic E-state index is -0.852. The molecule has 0 amide bonds. The number of fused-ring (bicyclic) bond motifs is 1. The molecule has 0 aromatic carbocycles. The van der Waals surface area contributed by atoms with Crippen molar-refractivity contribution in [2.75, 3.05) is 0 Å². The maximum absolute atomic E-state index is 11.1. The largest absolute Gasteiger partial charge is 0.390 e. The Balaban J connectivity index is 2.38. The zero-order chi connectivity index (χ0) is 13.1. The van der Waals surface area contributed by atoms with Gasteiger partial charge in [-0.1, -0.05) is 13.8 Å². The van der Waals surface area contributed by atoms with Crippen LogP contribution in [0.5, 0.6) is 0 Å². The van der Waals surface area contributed by atoms with Crippen LogP contribution in [0.25, 0.3) is 0 Å². The van der Waals surface area contributed by atoms with Crippen LogP contribution < -0.4 is 0 Å². The first kappa shape index (κ1) is 12.7. The molecule has 2 fully saturated rings. The lowest BCUT2D eigenvalue weighted by atomic mass is 9.61. The van der Waals surface area contributed by atoms with E-state index in [0.717, 1.165) is 0 Å². The fraction of sp³-hybridized carbons (Fsp3) is 0.769. The van der Waals surface area contributed by atoms with Crippen molar-refractivity contribution in [1.29, 1.82) is 0 Å². The molecule has 17 heavy (non-hydrogen) atoms. The molecule has 0 bridgehead atoms. The highest BCUT2D eigenvalue weighted by Gasteiger charge is 2.77. The van der Waals surface area contributed by atoms with Gasteiger partial charge < -0.3 is 14.9 Å². The summed E-state index contributed by atoms with van der Waals surface area (Å²) in [5, 5.41) is 19.9. The number of carbonyl (C=O) groups excluding carboxylic acids is 1. The van der Waals surface area contributed by atoms with Gasteiger partial charge in [0.05, 0.1) is 12.2 Å². The quantitative estimate of drug-likeness (QED) is 0.553. The van der Waals surface area contributed by atoms with E-state index in [1.807, 2.05) is 20.8 Å². The third kappa shape index (κ3) is 1.51. The summed E-state index contributed by atoms with van der Waals surface area (Å²) >= 11 is 0. The summed E-state index contributed by atoms with van der Waals surface area (Å²) in [4.78, 5) is 11.1. The van der Waals surface area contributed by atoms with E-state index >= 15 is 0 Å². The molecule has 0 aromatic heterocycles. The highest BCUT2D eigenvalue weighted by atomic mass is 16.6. The number of ketones is 1. The first-order valence-corrected chi connectivity index (χ1v) is 5.92. The van der Waals surface area contributed by atoms with Gasteiger partial charge in [0.25, 0.3) is 0 Å². The molecule has 96 valence electrons. The normalized spacial score (nSPS) is 47.9. The monoisotopic (exact) mass is 240 g/mol. The molecular formula is C13H20O4. The second kappa shape index (κ2) is 3.40. The number of ether oxygens (including phenoxy) is 1. The van der Waals surface area contributed by atoms with Gasteiger partial charge in [-0.3, -0.25) is 4.79 Å². The second-order valence-electron chi connectivity index (χ2n) is 5.95. The lowest BCUT2D eigenvalue weighted by Gasteiger charge is -2.43. The van der Waals surface area contributed by atoms with Crippen LogP contribution in [0.1, 0.15) is 34.1 Å². The summed E-state index contributed by atoms with van der Waals surface area (Å²) in [7, 11) is 0. The number of hydrogen-bond donors (Lipinski definition) is 2. The van der Waals surface area contributed by atoms with E-state index in [0.29, 0.717) is 6.42 Å². The van der Waals surface area contributed by atoms with Gasteiger partial charge in [0.15, 0.2) is 5.78 Å². The van der Waals surface area contributed by atoms with E-state index in [4.69, 9.17) is 4.74 Å². The van der Waals surface area contributed by atoms with Crippen LogP contribution in [0.15, 0.2) is 12.2 Å². The molecule has 4 nitrogen and oxygen atoms in total. The summed E-state index contributed by atoms with van der Waals surface area (Å²) in [5.41, 5.74) is -1.75. The Kier molecular flexibility index (Phi) is 2.55. The molecule has 1 saturated heterocycles. The van der Waals surface area contributed by atoms with Crippen LogP contribution in [-0.4, -0.2) is 39.4 Å². The number of hydrogen-bond acceptors (Lipinski definition) is 4. The van der Waals surface area contributed by atoms with Crippen LogP contribution in [0.2, 0.25) is 0 Å². The van der Waals surface area contributed by atoms with E-state index in [1.54, 1.807) is 6.08 Å². The summed E-state index contributed by atoms with van der Waals surface area (Å²) in [6, 6.07) is 0. The Morgan fingerprint density at radius 2 is 1.94 bits per heavy atom. The maximum Gasteiger partial charge on any atom is 0.152 e. The minimum Gasteiger partial charge on any atom is -0.390 e. The SMILES string of the molecule is CC(=O)C=CC12OC1(C)CC(O)C(O)C2(C)C. The van der Waals surface area contributed by atoms with Crippen molar-refractivity contribution >= 4 is 5.78 Å². The summed E-state index contributed by atoms with van der Waals surface area (Å²) in [6.07, 6.45) is 1.98. The molecule has 0 spiro atoms. The van der Waals surface area contributed by atoms with Crippen molar-refractivity contribution in [3.05, 3.63) is 12.2 Å². The predicted molar refractivity (Wildman–Crippen MR) is 62.5 cm³/mol. The number of aliphatic hydroxyl groups excluding tert-OH is 2. The molecule has 1 heterocycles. The highest BCUT2D eigenvalue weighted by molar-refractivity contribution is 5.87. The van der Waals surface area contributed by atoms with Gasteiger partial charge in [0.1, 0.15) is 11.2 Å². The van der Waals surface area contributed by atoms with Gasteiger partial charge in [0, 0.05) is 11.8 Å². The maximum atomic E-state index is 11.1. The van der Waals surface area contributed by atoms with E-state index in [2.05, 4.69) is 0 Å². The topological polar surface area (TPSA) is 70.1 Å². The second-order valence-corrected chi connectivity index (χ2v) is 5.95. The van der Waals surface area contributed by atoms with Crippen LogP contribution in [0.3, 0.4) is 0 Å². The predicted octanol–water partition coefficient (Wildman–Crippen LogP) is 0.811. The zero-order valence-corrected chi connectivity index (χ0v) is 10.7. The molecule has 2 aliphatic rings. The number of carbonyl (C=O) groups is 1. The average Bonchev–Trinajstić information content (AvgIpc) is 2.80. The van der Waals surface area contributed by atoms with Crippen LogP contribution >= 0.6 is 0 Å². The Labute approximate surface area is 101 Å². The van der Waals surface area contributed by atoms with Crippen molar-refractivity contribution < 1.29 is 19.7 Å². The molecule has 4 atom stereocenters. The molecule has 1 saturated carbocycles. The first-order valence-electron chi connectivity index (χ1n) is 5.92. The van der Waals surface area contributed by atoms with Crippen molar-refractivity contribution in [3.63, 3.8) is 0 Å². The van der Waals surface area contributed by atoms with Gasteiger partial charge >= 0.3 is 0 Å². The smallest absolute Gasteiger partial charge is 0.152 e. The molecule has 2 rings (SSSR count). The Hall–Kier alpha value is -0.710. The lowest BCUT2D eigenvalue weighted by molar-refractivity contribution is -0.112. The van der Waals surface area contributed by atoms with Gasteiger partial charge in [-0.15, -0.1) is 0 Å². The molecule has 1 aliphatic heterocycles. The summed E-state index contributed by atoms with van der Waals surface area (Å²) in [5.74, 6) is -0.0476. The summed E-state index contributed by atoms with van der Waals surface area (Å²) < 4.78 is 5.80. The van der Waals surface area contributed by atoms with Crippen molar-refractivity contribution in [2.24, 2.45) is 5.41 Å². The lowest BCUT2D eigenvalue weighted by Crippen LogP contribution is -2.56. The molecule has 2 N–H and O–H groups in total. The molecule has 0 radical (unpaired) electrons. The molecule has 4 unspecified atom stereocenters. The van der Waals surface area contributed by atoms with Crippen molar-refractivity contribution in [2.45, 2.75) is 57.5 Å². The fourth-order valence-corrected chi connectivity index (χ4v) is 3.21. The standard InChI is InChI=1S/C13H20O4/c1-8(14)5-6-13-11(2,3)10(16)9(15)7-12(13,4)17-13/h5-6,9-10,15-16H,7H2,1-4H3. The minimum absolute atomic E-state index is 0.0476. The van der Waals surface area contributed by atoms with Gasteiger partial charge in [0.2, 0.25) is 0 Å². The number of rotatable bonds is 2. The highest BCUT2D eigenvalue weighted by Crippen LogP contribution is 2.65. The average molecular weight is 240 g/mol. The van der Waals surface area contributed by atoms with Gasteiger partial charge in [-0.05, 0) is 26.0 Å². The van der Waals surface area contributed by atoms with E-state index in [1.165, 1.54) is 13.0 Å². The third-order valence-corrected chi connectivity index (χ3v) is 4.34. The Morgan fingerprint density at radius 1 is 1.35 bits per heavy atom. The summed E-state index contributed by atoms with van der Waals surface area (Å²) in [6.45, 7) is 7.10. The number of aliphatic hydroxyl groups is 2. The molecule has 0 aromatic rings. The molecule has 4 heteroatoms. The molecular weight excluding hydrogens is 220 g/mol. The van der Waals surface area contributed by atoms with E-state index < -0.39 is 28.8 Å². The third-order valence-electron chi connectivity index (χ3n) is 4.34. The number of epoxide rings is 1.